The maximum atomic E-state index is 12.3. The molecule has 16 heavy (non-hydrogen) atoms. The number of hydrogen-bond donors (Lipinski definition) is 0. The van der Waals surface area contributed by atoms with E-state index in [9.17, 15) is 18.0 Å². The number of alkyl halides is 6. The summed E-state index contributed by atoms with van der Waals surface area (Å²) in [5.74, 6) is -1.27. The fraction of sp³-hybridized carbons (Fsp3) is 0.375. The van der Waals surface area contributed by atoms with Crippen molar-refractivity contribution in [2.45, 2.75) is 9.97 Å². The summed E-state index contributed by atoms with van der Waals surface area (Å²) in [7, 11) is 0. The van der Waals surface area contributed by atoms with Crippen molar-refractivity contribution in [2.24, 2.45) is 0 Å². The van der Waals surface area contributed by atoms with Crippen molar-refractivity contribution in [1.82, 2.24) is 0 Å². The Morgan fingerprint density at radius 3 is 2.12 bits per heavy atom. The van der Waals surface area contributed by atoms with Gasteiger partial charge in [-0.15, -0.1) is 0 Å². The SMILES string of the molecule is C=CCOC(=O)C=C(C(F)(F)F)C(Cl)(Cl)Cl. The Hall–Kier alpha value is -0.390. The van der Waals surface area contributed by atoms with Gasteiger partial charge in [-0.3, -0.25) is 0 Å². The summed E-state index contributed by atoms with van der Waals surface area (Å²) >= 11 is 15.2. The van der Waals surface area contributed by atoms with E-state index in [0.29, 0.717) is 0 Å². The van der Waals surface area contributed by atoms with E-state index in [1.165, 1.54) is 6.08 Å². The quantitative estimate of drug-likeness (QED) is 0.344. The molecule has 0 aliphatic carbocycles. The largest absolute Gasteiger partial charge is 0.458 e. The van der Waals surface area contributed by atoms with Gasteiger partial charge in [-0.2, -0.15) is 13.2 Å². The summed E-state index contributed by atoms with van der Waals surface area (Å²) in [4.78, 5) is 10.9. The minimum Gasteiger partial charge on any atom is -0.458 e. The predicted octanol–water partition coefficient (Wildman–Crippen LogP) is 3.57. The molecule has 0 radical (unpaired) electrons. The minimum absolute atomic E-state index is 0.0937. The first-order valence-corrected chi connectivity index (χ1v) is 4.86. The van der Waals surface area contributed by atoms with Gasteiger partial charge in [-0.05, 0) is 0 Å². The van der Waals surface area contributed by atoms with Crippen LogP contribution in [0.3, 0.4) is 0 Å². The number of allylic oxidation sites excluding steroid dienone is 1. The molecule has 8 heteroatoms. The Morgan fingerprint density at radius 1 is 1.31 bits per heavy atom. The topological polar surface area (TPSA) is 26.3 Å². The van der Waals surface area contributed by atoms with Crippen molar-refractivity contribution in [2.75, 3.05) is 6.61 Å². The molecule has 0 rings (SSSR count). The second-order valence-electron chi connectivity index (χ2n) is 2.47. The Bertz CT molecular complexity index is 289. The summed E-state index contributed by atoms with van der Waals surface area (Å²) in [6.07, 6.45) is -3.65. The maximum absolute atomic E-state index is 12.3. The van der Waals surface area contributed by atoms with Gasteiger partial charge in [0.1, 0.15) is 6.61 Å². The third kappa shape index (κ3) is 5.63. The second kappa shape index (κ2) is 5.80. The van der Waals surface area contributed by atoms with E-state index in [-0.39, 0.29) is 12.7 Å². The number of hydrogen-bond acceptors (Lipinski definition) is 2. The molecule has 0 aromatic rings. The number of carbonyl (C=O) groups is 1. The maximum Gasteiger partial charge on any atom is 0.417 e. The van der Waals surface area contributed by atoms with Crippen LogP contribution in [0.2, 0.25) is 0 Å². The van der Waals surface area contributed by atoms with E-state index in [2.05, 4.69) is 11.3 Å². The van der Waals surface area contributed by atoms with Crippen LogP contribution in [0, 0.1) is 0 Å². The Labute approximate surface area is 105 Å². The van der Waals surface area contributed by atoms with E-state index in [4.69, 9.17) is 34.8 Å². The van der Waals surface area contributed by atoms with E-state index >= 15 is 0 Å². The summed E-state index contributed by atoms with van der Waals surface area (Å²) < 4.78 is 38.6. The molecule has 0 saturated heterocycles. The van der Waals surface area contributed by atoms with E-state index in [1.807, 2.05) is 0 Å². The highest BCUT2D eigenvalue weighted by atomic mass is 35.6. The zero-order valence-corrected chi connectivity index (χ0v) is 9.92. The predicted molar refractivity (Wildman–Crippen MR) is 55.6 cm³/mol. The molecular formula is C8H6Cl3F3O2. The van der Waals surface area contributed by atoms with Gasteiger partial charge in [0.2, 0.25) is 3.79 Å². The third-order valence-corrected chi connectivity index (χ3v) is 1.83. The smallest absolute Gasteiger partial charge is 0.417 e. The molecule has 0 amide bonds. The van der Waals surface area contributed by atoms with Gasteiger partial charge in [0.15, 0.2) is 0 Å². The molecule has 0 aliphatic heterocycles. The molecule has 0 bridgehead atoms. The van der Waals surface area contributed by atoms with Crippen LogP contribution in [0.15, 0.2) is 24.3 Å². The fourth-order valence-electron chi connectivity index (χ4n) is 0.625. The first-order valence-electron chi connectivity index (χ1n) is 3.72. The van der Waals surface area contributed by atoms with Gasteiger partial charge in [-0.25, -0.2) is 4.79 Å². The van der Waals surface area contributed by atoms with Gasteiger partial charge in [0, 0.05) is 6.08 Å². The lowest BCUT2D eigenvalue weighted by atomic mass is 10.2. The van der Waals surface area contributed by atoms with Crippen LogP contribution in [0.25, 0.3) is 0 Å². The highest BCUT2D eigenvalue weighted by molar-refractivity contribution is 6.69. The van der Waals surface area contributed by atoms with Crippen LogP contribution in [0.5, 0.6) is 0 Å². The fourth-order valence-corrected chi connectivity index (χ4v) is 1.11. The molecule has 0 aromatic carbocycles. The lowest BCUT2D eigenvalue weighted by Crippen LogP contribution is -2.25. The first-order chi connectivity index (χ1) is 7.09. The molecule has 0 saturated carbocycles. The Balaban J connectivity index is 4.99. The van der Waals surface area contributed by atoms with Crippen LogP contribution < -0.4 is 0 Å². The van der Waals surface area contributed by atoms with Crippen LogP contribution in [-0.4, -0.2) is 22.5 Å². The number of halogens is 6. The number of ether oxygens (including phenoxy) is 1. The van der Waals surface area contributed by atoms with Gasteiger partial charge in [0.25, 0.3) is 0 Å². The molecule has 0 heterocycles. The van der Waals surface area contributed by atoms with Crippen molar-refractivity contribution >= 4 is 40.8 Å². The zero-order valence-electron chi connectivity index (χ0n) is 7.65. The molecule has 0 atom stereocenters. The van der Waals surface area contributed by atoms with E-state index in [0.717, 1.165) is 0 Å². The van der Waals surface area contributed by atoms with Crippen molar-refractivity contribution < 1.29 is 22.7 Å². The molecule has 2 nitrogen and oxygen atoms in total. The number of esters is 1. The summed E-state index contributed by atoms with van der Waals surface area (Å²) in [6.45, 7) is 2.98. The third-order valence-electron chi connectivity index (χ3n) is 1.22. The van der Waals surface area contributed by atoms with Crippen LogP contribution in [0.4, 0.5) is 13.2 Å². The molecule has 0 aromatic heterocycles. The Kier molecular flexibility index (Phi) is 5.65. The average molecular weight is 297 g/mol. The highest BCUT2D eigenvalue weighted by Gasteiger charge is 2.46. The van der Waals surface area contributed by atoms with Crippen LogP contribution >= 0.6 is 34.8 Å². The van der Waals surface area contributed by atoms with Crippen molar-refractivity contribution in [1.29, 1.82) is 0 Å². The molecule has 92 valence electrons. The normalized spacial score (nSPS) is 13.5. The van der Waals surface area contributed by atoms with E-state index < -0.39 is 21.5 Å². The first kappa shape index (κ1) is 15.6. The molecule has 0 aliphatic rings. The van der Waals surface area contributed by atoms with Crippen molar-refractivity contribution in [3.8, 4) is 0 Å². The van der Waals surface area contributed by atoms with Crippen molar-refractivity contribution in [3.05, 3.63) is 24.3 Å². The van der Waals surface area contributed by atoms with E-state index in [1.54, 1.807) is 0 Å². The standard InChI is InChI=1S/C8H6Cl3F3O2/c1-2-3-16-6(15)4-5(7(9,10)11)8(12,13)14/h2,4H,1,3H2. The Morgan fingerprint density at radius 2 is 1.81 bits per heavy atom. The lowest BCUT2D eigenvalue weighted by Gasteiger charge is -2.18. The summed E-state index contributed by atoms with van der Waals surface area (Å²) in [5.41, 5.74) is -1.61. The number of carbonyl (C=O) groups excluding carboxylic acids is 1. The molecule has 0 unspecified atom stereocenters. The summed E-state index contributed by atoms with van der Waals surface area (Å²) in [6, 6.07) is 0. The lowest BCUT2D eigenvalue weighted by molar-refractivity contribution is -0.137. The molecule has 0 spiro atoms. The van der Waals surface area contributed by atoms with Gasteiger partial charge >= 0.3 is 12.1 Å². The van der Waals surface area contributed by atoms with Gasteiger partial charge < -0.3 is 4.74 Å². The molecule has 0 fully saturated rings. The van der Waals surface area contributed by atoms with Crippen LogP contribution in [0.1, 0.15) is 0 Å². The van der Waals surface area contributed by atoms with Crippen molar-refractivity contribution in [3.63, 3.8) is 0 Å². The average Bonchev–Trinajstić information content (AvgIpc) is 2.07. The molecule has 0 N–H and O–H groups in total. The number of rotatable bonds is 3. The van der Waals surface area contributed by atoms with Gasteiger partial charge in [0.05, 0.1) is 5.57 Å². The molecular weight excluding hydrogens is 291 g/mol. The van der Waals surface area contributed by atoms with Gasteiger partial charge in [-0.1, -0.05) is 47.5 Å². The second-order valence-corrected chi connectivity index (χ2v) is 4.75. The monoisotopic (exact) mass is 296 g/mol. The minimum atomic E-state index is -4.93. The zero-order chi connectivity index (χ0) is 13.0. The highest BCUT2D eigenvalue weighted by Crippen LogP contribution is 2.43. The van der Waals surface area contributed by atoms with Crippen LogP contribution in [-0.2, 0) is 9.53 Å². The summed E-state index contributed by atoms with van der Waals surface area (Å²) in [5, 5.41) is 0.